The predicted octanol–water partition coefficient (Wildman–Crippen LogP) is 0.437. The highest BCUT2D eigenvalue weighted by Gasteiger charge is 2.29. The summed E-state index contributed by atoms with van der Waals surface area (Å²) >= 11 is 0. The number of aliphatic carboxylic acids is 1. The lowest BCUT2D eigenvalue weighted by Crippen LogP contribution is -2.40. The monoisotopic (exact) mass is 283 g/mol. The number of sulfonamides is 1. The summed E-state index contributed by atoms with van der Waals surface area (Å²) in [6.45, 7) is 2.54. The van der Waals surface area contributed by atoms with Crippen molar-refractivity contribution in [1.82, 2.24) is 9.29 Å². The van der Waals surface area contributed by atoms with Crippen LogP contribution in [0.25, 0.3) is 0 Å². The van der Waals surface area contributed by atoms with Gasteiger partial charge in [0.15, 0.2) is 0 Å². The van der Waals surface area contributed by atoms with Crippen LogP contribution in [0.15, 0.2) is 23.2 Å². The van der Waals surface area contributed by atoms with E-state index in [0.717, 1.165) is 10.5 Å². The molecule has 1 N–H and O–H groups in total. The zero-order valence-corrected chi connectivity index (χ0v) is 11.3. The van der Waals surface area contributed by atoms with E-state index in [-0.39, 0.29) is 10.6 Å². The Morgan fingerprint density at radius 3 is 2.53 bits per heavy atom. The van der Waals surface area contributed by atoms with Crippen LogP contribution in [-0.4, -0.2) is 41.4 Å². The minimum Gasteiger partial charge on any atom is -0.480 e. The summed E-state index contributed by atoms with van der Waals surface area (Å²) < 4.78 is 25.4. The van der Waals surface area contributed by atoms with Crippen molar-refractivity contribution in [1.29, 1.82) is 5.26 Å². The SMILES string of the molecule is CC(C)N(CC(=O)O)S(=O)(=O)c1ccc(C#N)nc1. The maximum absolute atomic E-state index is 12.2. The fraction of sp³-hybridized carbons (Fsp3) is 0.364. The van der Waals surface area contributed by atoms with Crippen LogP contribution >= 0.6 is 0 Å². The molecule has 1 rings (SSSR count). The Labute approximate surface area is 111 Å². The first kappa shape index (κ1) is 15.1. The molecule has 1 aromatic rings. The van der Waals surface area contributed by atoms with Gasteiger partial charge in [0.2, 0.25) is 10.0 Å². The standard InChI is InChI=1S/C11H13N3O4S/c1-8(2)14(7-11(15)16)19(17,18)10-4-3-9(5-12)13-6-10/h3-4,6,8H,7H2,1-2H3,(H,15,16). The second-order valence-corrected chi connectivity index (χ2v) is 5.92. The molecular formula is C11H13N3O4S. The first-order valence-corrected chi connectivity index (χ1v) is 6.83. The number of hydrogen-bond acceptors (Lipinski definition) is 5. The van der Waals surface area contributed by atoms with Gasteiger partial charge in [-0.15, -0.1) is 0 Å². The molecule has 8 heteroatoms. The number of hydrogen-bond donors (Lipinski definition) is 1. The first-order chi connectivity index (χ1) is 8.78. The molecule has 0 spiro atoms. The van der Waals surface area contributed by atoms with Crippen LogP contribution < -0.4 is 0 Å². The number of nitriles is 1. The number of aromatic nitrogens is 1. The van der Waals surface area contributed by atoms with Crippen LogP contribution in [0.3, 0.4) is 0 Å². The Hall–Kier alpha value is -1.98. The van der Waals surface area contributed by atoms with Gasteiger partial charge >= 0.3 is 5.97 Å². The third kappa shape index (κ3) is 3.49. The molecule has 102 valence electrons. The highest BCUT2D eigenvalue weighted by atomic mass is 32.2. The summed E-state index contributed by atoms with van der Waals surface area (Å²) in [6, 6.07) is 3.78. The van der Waals surface area contributed by atoms with Crippen LogP contribution in [0, 0.1) is 11.3 Å². The van der Waals surface area contributed by atoms with Gasteiger partial charge in [-0.05, 0) is 26.0 Å². The number of carboxylic acids is 1. The van der Waals surface area contributed by atoms with Crippen molar-refractivity contribution in [2.45, 2.75) is 24.8 Å². The molecule has 0 unspecified atom stereocenters. The van der Waals surface area contributed by atoms with Gasteiger partial charge in [0, 0.05) is 12.2 Å². The van der Waals surface area contributed by atoms with Gasteiger partial charge in [-0.2, -0.15) is 9.57 Å². The van der Waals surface area contributed by atoms with E-state index in [1.165, 1.54) is 12.1 Å². The molecule has 0 fully saturated rings. The lowest BCUT2D eigenvalue weighted by molar-refractivity contribution is -0.137. The molecule has 0 radical (unpaired) electrons. The summed E-state index contributed by atoms with van der Waals surface area (Å²) in [5.41, 5.74) is 0.0910. The van der Waals surface area contributed by atoms with Crippen molar-refractivity contribution in [3.8, 4) is 6.07 Å². The topological polar surface area (TPSA) is 111 Å². The molecule has 0 aromatic carbocycles. The van der Waals surface area contributed by atoms with Gasteiger partial charge in [0.05, 0.1) is 0 Å². The minimum absolute atomic E-state index is 0.0910. The van der Waals surface area contributed by atoms with Crippen LogP contribution in [0.4, 0.5) is 0 Å². The van der Waals surface area contributed by atoms with E-state index >= 15 is 0 Å². The smallest absolute Gasteiger partial charge is 0.318 e. The van der Waals surface area contributed by atoms with Crippen LogP contribution in [-0.2, 0) is 14.8 Å². The van der Waals surface area contributed by atoms with Gasteiger partial charge in [-0.25, -0.2) is 13.4 Å². The van der Waals surface area contributed by atoms with E-state index in [4.69, 9.17) is 10.4 Å². The molecule has 0 atom stereocenters. The van der Waals surface area contributed by atoms with Gasteiger partial charge in [0.25, 0.3) is 0 Å². The zero-order valence-electron chi connectivity index (χ0n) is 10.4. The normalized spacial score (nSPS) is 11.5. The van der Waals surface area contributed by atoms with E-state index < -0.39 is 28.6 Å². The van der Waals surface area contributed by atoms with Crippen LogP contribution in [0.1, 0.15) is 19.5 Å². The summed E-state index contributed by atoms with van der Waals surface area (Å²) in [6.07, 6.45) is 1.05. The van der Waals surface area contributed by atoms with Crippen LogP contribution in [0.2, 0.25) is 0 Å². The molecule has 0 saturated heterocycles. The summed E-state index contributed by atoms with van der Waals surface area (Å²) in [5, 5.41) is 17.4. The largest absolute Gasteiger partial charge is 0.480 e. The molecule has 7 nitrogen and oxygen atoms in total. The van der Waals surface area contributed by atoms with Gasteiger partial charge in [-0.3, -0.25) is 4.79 Å². The number of rotatable bonds is 5. The number of carbonyl (C=O) groups is 1. The average Bonchev–Trinajstić information content (AvgIpc) is 2.35. The maximum atomic E-state index is 12.2. The van der Waals surface area contributed by atoms with Gasteiger partial charge in [-0.1, -0.05) is 0 Å². The Kier molecular flexibility index (Phi) is 4.58. The van der Waals surface area contributed by atoms with Crippen molar-refractivity contribution >= 4 is 16.0 Å². The number of nitrogens with zero attached hydrogens (tertiary/aromatic N) is 3. The summed E-state index contributed by atoms with van der Waals surface area (Å²) in [4.78, 5) is 14.3. The Morgan fingerprint density at radius 1 is 1.53 bits per heavy atom. The van der Waals surface area contributed by atoms with Crippen molar-refractivity contribution in [2.75, 3.05) is 6.54 Å². The van der Waals surface area contributed by atoms with E-state index in [2.05, 4.69) is 4.98 Å². The van der Waals surface area contributed by atoms with E-state index in [9.17, 15) is 13.2 Å². The van der Waals surface area contributed by atoms with E-state index in [1.54, 1.807) is 19.9 Å². The molecule has 0 aliphatic rings. The highest BCUT2D eigenvalue weighted by molar-refractivity contribution is 7.89. The lowest BCUT2D eigenvalue weighted by Gasteiger charge is -2.23. The fourth-order valence-corrected chi connectivity index (χ4v) is 2.95. The van der Waals surface area contributed by atoms with Gasteiger partial charge < -0.3 is 5.11 Å². The molecule has 0 bridgehead atoms. The molecular weight excluding hydrogens is 270 g/mol. The second kappa shape index (κ2) is 5.77. The van der Waals surface area contributed by atoms with Crippen LogP contribution in [0.5, 0.6) is 0 Å². The maximum Gasteiger partial charge on any atom is 0.318 e. The molecule has 0 saturated carbocycles. The molecule has 0 amide bonds. The van der Waals surface area contributed by atoms with Crippen molar-refractivity contribution in [3.63, 3.8) is 0 Å². The Bertz CT molecular complexity index is 602. The summed E-state index contributed by atoms with van der Waals surface area (Å²) in [5.74, 6) is -1.24. The minimum atomic E-state index is -3.94. The highest BCUT2D eigenvalue weighted by Crippen LogP contribution is 2.17. The zero-order chi connectivity index (χ0) is 14.6. The Balaban J connectivity index is 3.19. The fourth-order valence-electron chi connectivity index (χ4n) is 1.41. The number of pyridine rings is 1. The predicted molar refractivity (Wildman–Crippen MR) is 65.6 cm³/mol. The lowest BCUT2D eigenvalue weighted by atomic mass is 10.4. The molecule has 0 aliphatic heterocycles. The quantitative estimate of drug-likeness (QED) is 0.839. The summed E-state index contributed by atoms with van der Waals surface area (Å²) in [7, 11) is -3.94. The third-order valence-electron chi connectivity index (χ3n) is 2.32. The molecule has 19 heavy (non-hydrogen) atoms. The third-order valence-corrected chi connectivity index (χ3v) is 4.33. The van der Waals surface area contributed by atoms with Crippen molar-refractivity contribution in [3.05, 3.63) is 24.0 Å². The molecule has 1 heterocycles. The molecule has 1 aromatic heterocycles. The molecule has 0 aliphatic carbocycles. The average molecular weight is 283 g/mol. The number of carboxylic acid groups (broad SMARTS) is 1. The van der Waals surface area contributed by atoms with Crippen molar-refractivity contribution in [2.24, 2.45) is 0 Å². The van der Waals surface area contributed by atoms with E-state index in [1.807, 2.05) is 0 Å². The van der Waals surface area contributed by atoms with Gasteiger partial charge in [0.1, 0.15) is 23.2 Å². The Morgan fingerprint density at radius 2 is 2.16 bits per heavy atom. The van der Waals surface area contributed by atoms with Crippen molar-refractivity contribution < 1.29 is 18.3 Å². The second-order valence-electron chi connectivity index (χ2n) is 4.03. The first-order valence-electron chi connectivity index (χ1n) is 5.39. The van der Waals surface area contributed by atoms with E-state index in [0.29, 0.717) is 0 Å².